The van der Waals surface area contributed by atoms with Gasteiger partial charge in [-0.15, -0.1) is 0 Å². The van der Waals surface area contributed by atoms with Crippen LogP contribution in [0.2, 0.25) is 0 Å². The number of nitrogens with zero attached hydrogens (tertiary/aromatic N) is 2. The van der Waals surface area contributed by atoms with E-state index in [-0.39, 0.29) is 33.6 Å². The average Bonchev–Trinajstić information content (AvgIpc) is 2.99. The van der Waals surface area contributed by atoms with Gasteiger partial charge in [-0.2, -0.15) is 0 Å². The highest BCUT2D eigenvalue weighted by atomic mass is 16.5. The number of para-hydroxylation sites is 3. The molecule has 0 atom stereocenters. The van der Waals surface area contributed by atoms with Gasteiger partial charge in [-0.1, -0.05) is 48.5 Å². The normalized spacial score (nSPS) is 13.9. The lowest BCUT2D eigenvalue weighted by atomic mass is 10.0. The van der Waals surface area contributed by atoms with Gasteiger partial charge in [0.25, 0.3) is 5.91 Å². The van der Waals surface area contributed by atoms with E-state index in [0.717, 1.165) is 50.6 Å². The summed E-state index contributed by atoms with van der Waals surface area (Å²) in [5, 5.41) is 13.2. The fraction of sp³-hybridized carbons (Fsp3) is 0.290. The molecule has 5 rings (SSSR count). The van der Waals surface area contributed by atoms with Crippen LogP contribution in [0.3, 0.4) is 0 Å². The molecule has 1 aliphatic rings. The quantitative estimate of drug-likeness (QED) is 0.319. The number of carbonyl (C=O) groups excluding carboxylic acids is 1. The van der Waals surface area contributed by atoms with Gasteiger partial charge in [0.1, 0.15) is 11.5 Å². The van der Waals surface area contributed by atoms with Crippen molar-refractivity contribution in [2.24, 2.45) is 0 Å². The van der Waals surface area contributed by atoms with Crippen molar-refractivity contribution in [1.82, 2.24) is 10.2 Å². The lowest BCUT2D eigenvalue weighted by Gasteiger charge is -2.36. The Morgan fingerprint density at radius 2 is 1.72 bits per heavy atom. The third-order valence-electron chi connectivity index (χ3n) is 7.19. The fourth-order valence-corrected chi connectivity index (χ4v) is 5.10. The molecule has 8 heteroatoms. The third-order valence-corrected chi connectivity index (χ3v) is 7.19. The number of piperazine rings is 1. The van der Waals surface area contributed by atoms with Gasteiger partial charge in [-0.05, 0) is 37.2 Å². The Morgan fingerprint density at radius 1 is 0.974 bits per heavy atom. The van der Waals surface area contributed by atoms with Crippen molar-refractivity contribution >= 4 is 22.6 Å². The van der Waals surface area contributed by atoms with Gasteiger partial charge in [0.15, 0.2) is 11.0 Å². The molecule has 1 aliphatic heterocycles. The zero-order valence-electron chi connectivity index (χ0n) is 22.1. The van der Waals surface area contributed by atoms with Gasteiger partial charge in [0.05, 0.1) is 35.9 Å². The minimum atomic E-state index is -0.452. The topological polar surface area (TPSA) is 95.2 Å². The molecule has 0 unspecified atom stereocenters. The molecule has 1 amide bonds. The highest BCUT2D eigenvalue weighted by Crippen LogP contribution is 2.29. The first-order valence-electron chi connectivity index (χ1n) is 13.2. The molecule has 39 heavy (non-hydrogen) atoms. The summed E-state index contributed by atoms with van der Waals surface area (Å²) in [4.78, 5) is 31.0. The van der Waals surface area contributed by atoms with Crippen LogP contribution in [0.1, 0.15) is 22.3 Å². The Labute approximate surface area is 227 Å². The number of methoxy groups -OCH3 is 1. The maximum atomic E-state index is 13.1. The molecule has 0 radical (unpaired) electrons. The summed E-state index contributed by atoms with van der Waals surface area (Å²) in [5.41, 5.74) is 2.16. The van der Waals surface area contributed by atoms with Gasteiger partial charge in [-0.25, -0.2) is 0 Å². The van der Waals surface area contributed by atoms with Gasteiger partial charge >= 0.3 is 0 Å². The number of anilines is 1. The van der Waals surface area contributed by atoms with Crippen LogP contribution in [0, 0.1) is 0 Å². The van der Waals surface area contributed by atoms with Crippen LogP contribution < -0.4 is 20.4 Å². The molecule has 202 valence electrons. The number of nitrogens with one attached hydrogen (secondary N) is 1. The van der Waals surface area contributed by atoms with Crippen LogP contribution in [-0.4, -0.2) is 62.3 Å². The van der Waals surface area contributed by atoms with Crippen molar-refractivity contribution in [1.29, 1.82) is 0 Å². The number of hydrogen-bond acceptors (Lipinski definition) is 7. The second-order valence-corrected chi connectivity index (χ2v) is 9.56. The van der Waals surface area contributed by atoms with Crippen LogP contribution >= 0.6 is 0 Å². The molecular weight excluding hydrogens is 494 g/mol. The molecule has 3 aromatic carbocycles. The second kappa shape index (κ2) is 12.1. The van der Waals surface area contributed by atoms with Gasteiger partial charge < -0.3 is 24.5 Å². The maximum Gasteiger partial charge on any atom is 0.255 e. The zero-order chi connectivity index (χ0) is 27.2. The lowest BCUT2D eigenvalue weighted by Crippen LogP contribution is -2.47. The van der Waals surface area contributed by atoms with E-state index in [1.165, 1.54) is 0 Å². The van der Waals surface area contributed by atoms with Crippen molar-refractivity contribution in [3.63, 3.8) is 0 Å². The van der Waals surface area contributed by atoms with Crippen molar-refractivity contribution in [3.8, 4) is 17.1 Å². The predicted molar refractivity (Wildman–Crippen MR) is 152 cm³/mol. The number of fused-ring (bicyclic) bond motifs is 1. The van der Waals surface area contributed by atoms with Crippen LogP contribution in [0.5, 0.6) is 5.75 Å². The van der Waals surface area contributed by atoms with E-state index in [9.17, 15) is 14.7 Å². The number of rotatable bonds is 9. The SMILES string of the molecule is COc1ccccc1N1CCN(CCCNC(=O)c2cccc3c(=O)c(CO)c(-c4ccccc4)oc23)CC1. The second-order valence-electron chi connectivity index (χ2n) is 9.56. The van der Waals surface area contributed by atoms with E-state index in [1.807, 2.05) is 48.5 Å². The molecule has 0 saturated carbocycles. The standard InChI is InChI=1S/C31H33N3O5/c1-38-27-14-6-5-13-26(27)34-19-17-33(18-20-34)16-8-15-32-31(37)24-12-7-11-23-28(36)25(21-35)29(39-30(23)24)22-9-3-2-4-10-22/h2-7,9-14,35H,8,15-21H2,1H3,(H,32,37). The summed E-state index contributed by atoms with van der Waals surface area (Å²) in [5.74, 6) is 0.880. The number of carbonyl (C=O) groups is 1. The molecule has 0 bridgehead atoms. The summed E-state index contributed by atoms with van der Waals surface area (Å²) in [6.07, 6.45) is 0.805. The first-order valence-corrected chi connectivity index (χ1v) is 13.2. The summed E-state index contributed by atoms with van der Waals surface area (Å²) >= 11 is 0. The first kappa shape index (κ1) is 26.5. The minimum absolute atomic E-state index is 0.178. The maximum absolute atomic E-state index is 13.1. The van der Waals surface area contributed by atoms with Crippen LogP contribution in [-0.2, 0) is 6.61 Å². The molecule has 0 aliphatic carbocycles. The molecule has 8 nitrogen and oxygen atoms in total. The fourth-order valence-electron chi connectivity index (χ4n) is 5.10. The molecule has 1 saturated heterocycles. The molecule has 1 fully saturated rings. The summed E-state index contributed by atoms with van der Waals surface area (Å²) < 4.78 is 11.6. The van der Waals surface area contributed by atoms with Gasteiger partial charge in [0, 0.05) is 38.3 Å². The van der Waals surface area contributed by atoms with Gasteiger partial charge in [-0.3, -0.25) is 14.5 Å². The molecule has 0 spiro atoms. The summed E-state index contributed by atoms with van der Waals surface area (Å²) in [7, 11) is 1.70. The number of aliphatic hydroxyl groups excluding tert-OH is 1. The Morgan fingerprint density at radius 3 is 2.46 bits per heavy atom. The Kier molecular flexibility index (Phi) is 8.24. The van der Waals surface area contributed by atoms with E-state index in [1.54, 1.807) is 25.3 Å². The number of aliphatic hydroxyl groups is 1. The third kappa shape index (κ3) is 5.67. The van der Waals surface area contributed by atoms with Crippen molar-refractivity contribution in [2.75, 3.05) is 51.3 Å². The Hall–Kier alpha value is -4.14. The van der Waals surface area contributed by atoms with E-state index in [2.05, 4.69) is 21.2 Å². The Bertz CT molecular complexity index is 1490. The van der Waals surface area contributed by atoms with Crippen LogP contribution in [0.4, 0.5) is 5.69 Å². The summed E-state index contributed by atoms with van der Waals surface area (Å²) in [6.45, 7) is 4.65. The highest BCUT2D eigenvalue weighted by molar-refractivity contribution is 6.05. The van der Waals surface area contributed by atoms with E-state index in [0.29, 0.717) is 17.7 Å². The Balaban J connectivity index is 1.21. The molecular formula is C31H33N3O5. The monoisotopic (exact) mass is 527 g/mol. The number of benzene rings is 3. The van der Waals surface area contributed by atoms with E-state index in [4.69, 9.17) is 9.15 Å². The lowest BCUT2D eigenvalue weighted by molar-refractivity contribution is 0.0952. The molecule has 2 heterocycles. The first-order chi connectivity index (χ1) is 19.1. The highest BCUT2D eigenvalue weighted by Gasteiger charge is 2.21. The van der Waals surface area contributed by atoms with Crippen LogP contribution in [0.15, 0.2) is 82.0 Å². The van der Waals surface area contributed by atoms with Gasteiger partial charge in [0.2, 0.25) is 0 Å². The van der Waals surface area contributed by atoms with E-state index >= 15 is 0 Å². The predicted octanol–water partition coefficient (Wildman–Crippen LogP) is 3.90. The number of ether oxygens (including phenoxy) is 1. The zero-order valence-corrected chi connectivity index (χ0v) is 22.1. The largest absolute Gasteiger partial charge is 0.495 e. The van der Waals surface area contributed by atoms with Crippen LogP contribution in [0.25, 0.3) is 22.3 Å². The molecule has 2 N–H and O–H groups in total. The summed E-state index contributed by atoms with van der Waals surface area (Å²) in [6, 6.07) is 22.2. The number of amides is 1. The smallest absolute Gasteiger partial charge is 0.255 e. The van der Waals surface area contributed by atoms with Crippen molar-refractivity contribution in [3.05, 3.63) is 94.1 Å². The number of hydrogen-bond donors (Lipinski definition) is 2. The van der Waals surface area contributed by atoms with Crippen molar-refractivity contribution in [2.45, 2.75) is 13.0 Å². The average molecular weight is 528 g/mol. The van der Waals surface area contributed by atoms with Crippen molar-refractivity contribution < 1.29 is 19.1 Å². The molecule has 1 aromatic heterocycles. The minimum Gasteiger partial charge on any atom is -0.495 e. The molecule has 4 aromatic rings. The van der Waals surface area contributed by atoms with E-state index < -0.39 is 6.61 Å².